The van der Waals surface area contributed by atoms with Gasteiger partial charge in [0.05, 0.1) is 17.3 Å². The summed E-state index contributed by atoms with van der Waals surface area (Å²) < 4.78 is 0. The van der Waals surface area contributed by atoms with E-state index in [4.69, 9.17) is 0 Å². The zero-order valence-electron chi connectivity index (χ0n) is 15.9. The molecule has 3 rings (SSSR count). The number of nitriles is 1. The molecule has 0 fully saturated rings. The van der Waals surface area contributed by atoms with Crippen molar-refractivity contribution in [3.63, 3.8) is 0 Å². The average molecular weight is 359 g/mol. The molecule has 0 bridgehead atoms. The number of fused-ring (bicyclic) bond motifs is 1. The second-order valence-corrected chi connectivity index (χ2v) is 7.23. The van der Waals surface area contributed by atoms with Crippen LogP contribution >= 0.6 is 0 Å². The zero-order chi connectivity index (χ0) is 19.3. The van der Waals surface area contributed by atoms with Crippen LogP contribution in [0.25, 0.3) is 5.70 Å². The quantitative estimate of drug-likeness (QED) is 0.829. The van der Waals surface area contributed by atoms with Crippen molar-refractivity contribution in [1.82, 2.24) is 10.6 Å². The van der Waals surface area contributed by atoms with Crippen molar-refractivity contribution in [3.8, 4) is 6.07 Å². The number of nitrogens with zero attached hydrogens (tertiary/aromatic N) is 1. The van der Waals surface area contributed by atoms with E-state index >= 15 is 0 Å². The molecule has 2 N–H and O–H groups in total. The maximum atomic E-state index is 12.5. The fourth-order valence-electron chi connectivity index (χ4n) is 3.61. The van der Waals surface area contributed by atoms with Crippen LogP contribution in [0.5, 0.6) is 0 Å². The van der Waals surface area contributed by atoms with Crippen molar-refractivity contribution >= 4 is 11.7 Å². The normalized spacial score (nSPS) is 18.4. The molecule has 4 heteroatoms. The minimum atomic E-state index is -0.274. The van der Waals surface area contributed by atoms with E-state index in [1.54, 1.807) is 0 Å². The Balaban J connectivity index is 1.78. The molecule has 0 spiro atoms. The number of benzene rings is 2. The molecule has 0 saturated carbocycles. The van der Waals surface area contributed by atoms with Crippen LogP contribution in [0.3, 0.4) is 0 Å². The van der Waals surface area contributed by atoms with Crippen LogP contribution < -0.4 is 10.6 Å². The summed E-state index contributed by atoms with van der Waals surface area (Å²) in [6, 6.07) is 20.1. The Hall–Kier alpha value is -3.06. The van der Waals surface area contributed by atoms with Gasteiger partial charge in [-0.3, -0.25) is 0 Å². The molecule has 2 aromatic carbocycles. The van der Waals surface area contributed by atoms with Crippen LogP contribution in [0.2, 0.25) is 0 Å². The lowest BCUT2D eigenvalue weighted by Crippen LogP contribution is -2.39. The maximum absolute atomic E-state index is 12.5. The first-order valence-corrected chi connectivity index (χ1v) is 9.39. The topological polar surface area (TPSA) is 64.9 Å². The fourth-order valence-corrected chi connectivity index (χ4v) is 3.61. The molecule has 138 valence electrons. The van der Waals surface area contributed by atoms with E-state index < -0.39 is 0 Å². The Bertz CT molecular complexity index is 895. The maximum Gasteiger partial charge on any atom is 0.319 e. The van der Waals surface area contributed by atoms with Crippen LogP contribution in [-0.4, -0.2) is 12.6 Å². The zero-order valence-corrected chi connectivity index (χ0v) is 15.9. The molecular formula is C23H25N3O. The summed E-state index contributed by atoms with van der Waals surface area (Å²) in [4.78, 5) is 12.5. The second-order valence-electron chi connectivity index (χ2n) is 7.23. The van der Waals surface area contributed by atoms with E-state index in [-0.39, 0.29) is 11.4 Å². The second kappa shape index (κ2) is 8.09. The number of rotatable bonds is 5. The molecular weight excluding hydrogens is 334 g/mol. The van der Waals surface area contributed by atoms with E-state index in [0.717, 1.165) is 24.8 Å². The van der Waals surface area contributed by atoms with E-state index in [9.17, 15) is 10.1 Å². The van der Waals surface area contributed by atoms with Crippen molar-refractivity contribution in [1.29, 1.82) is 5.26 Å². The lowest BCUT2D eigenvalue weighted by Gasteiger charge is -2.35. The van der Waals surface area contributed by atoms with E-state index in [1.807, 2.05) is 48.5 Å². The summed E-state index contributed by atoms with van der Waals surface area (Å²) in [6.07, 6.45) is 2.41. The van der Waals surface area contributed by atoms with Crippen LogP contribution in [0, 0.1) is 16.7 Å². The first-order valence-electron chi connectivity index (χ1n) is 9.39. The molecule has 0 radical (unpaired) electrons. The first-order chi connectivity index (χ1) is 13.1. The van der Waals surface area contributed by atoms with Crippen molar-refractivity contribution in [2.24, 2.45) is 5.41 Å². The lowest BCUT2D eigenvalue weighted by molar-refractivity contribution is 0.244. The number of carbonyl (C=O) groups is 1. The van der Waals surface area contributed by atoms with Gasteiger partial charge in [0.2, 0.25) is 0 Å². The molecule has 1 aliphatic carbocycles. The number of amides is 2. The van der Waals surface area contributed by atoms with Crippen LogP contribution in [0.1, 0.15) is 37.0 Å². The van der Waals surface area contributed by atoms with E-state index in [0.29, 0.717) is 17.8 Å². The number of allylic oxidation sites excluding steroid dienone is 1. The predicted molar refractivity (Wildman–Crippen MR) is 108 cm³/mol. The first kappa shape index (κ1) is 18.7. The Morgan fingerprint density at radius 1 is 1.15 bits per heavy atom. The summed E-state index contributed by atoms with van der Waals surface area (Å²) >= 11 is 0. The molecule has 1 atom stereocenters. The third-order valence-corrected chi connectivity index (χ3v) is 5.39. The number of urea groups is 1. The molecule has 4 nitrogen and oxygen atoms in total. The van der Waals surface area contributed by atoms with Gasteiger partial charge < -0.3 is 10.6 Å². The highest BCUT2D eigenvalue weighted by atomic mass is 16.2. The smallest absolute Gasteiger partial charge is 0.319 e. The third-order valence-electron chi connectivity index (χ3n) is 5.39. The summed E-state index contributed by atoms with van der Waals surface area (Å²) in [6.45, 7) is 4.72. The molecule has 2 amide bonds. The summed E-state index contributed by atoms with van der Waals surface area (Å²) in [5.74, 6) is 0. The summed E-state index contributed by atoms with van der Waals surface area (Å²) in [5.41, 5.74) is 4.31. The van der Waals surface area contributed by atoms with Crippen LogP contribution in [0.4, 0.5) is 4.79 Å². The molecule has 2 aromatic rings. The minimum absolute atomic E-state index is 0.268. The van der Waals surface area contributed by atoms with E-state index in [1.165, 1.54) is 11.1 Å². The predicted octanol–water partition coefficient (Wildman–Crippen LogP) is 4.44. The average Bonchev–Trinajstić information content (AvgIpc) is 2.69. The minimum Gasteiger partial charge on any atom is -0.338 e. The number of nitrogens with one attached hydrogen (secondary N) is 2. The molecule has 0 heterocycles. The van der Waals surface area contributed by atoms with Gasteiger partial charge in [0, 0.05) is 17.5 Å². The van der Waals surface area contributed by atoms with Crippen molar-refractivity contribution in [2.45, 2.75) is 33.1 Å². The van der Waals surface area contributed by atoms with Gasteiger partial charge in [0.1, 0.15) is 0 Å². The molecule has 1 aliphatic rings. The fraction of sp³-hybridized carbons (Fsp3) is 0.304. The van der Waals surface area contributed by atoms with Crippen molar-refractivity contribution < 1.29 is 4.79 Å². The summed E-state index contributed by atoms with van der Waals surface area (Å²) in [5, 5.41) is 15.7. The molecule has 0 saturated heterocycles. The molecule has 1 unspecified atom stereocenters. The number of carbonyl (C=O) groups excluding carboxylic acids is 1. The third kappa shape index (κ3) is 4.03. The van der Waals surface area contributed by atoms with Gasteiger partial charge in [-0.05, 0) is 30.4 Å². The highest BCUT2D eigenvalue weighted by Gasteiger charge is 2.36. The number of hydrogen-bond acceptors (Lipinski definition) is 2. The van der Waals surface area contributed by atoms with Crippen LogP contribution in [-0.2, 0) is 12.8 Å². The van der Waals surface area contributed by atoms with Gasteiger partial charge in [0.25, 0.3) is 0 Å². The Morgan fingerprint density at radius 2 is 1.85 bits per heavy atom. The Kier molecular flexibility index (Phi) is 5.61. The van der Waals surface area contributed by atoms with Gasteiger partial charge in [-0.15, -0.1) is 0 Å². The van der Waals surface area contributed by atoms with Crippen molar-refractivity contribution in [2.75, 3.05) is 6.54 Å². The van der Waals surface area contributed by atoms with E-state index in [2.05, 4.69) is 36.6 Å². The van der Waals surface area contributed by atoms with Crippen LogP contribution in [0.15, 0.2) is 60.2 Å². The largest absolute Gasteiger partial charge is 0.338 e. The molecule has 0 aliphatic heterocycles. The van der Waals surface area contributed by atoms with Gasteiger partial charge in [-0.25, -0.2) is 4.79 Å². The standard InChI is InChI=1S/C23H25N3O/c1-3-23(2)15-18-11-7-8-12-19(18)21(20(23)16-24)26-22(27)25-14-13-17-9-5-4-6-10-17/h4-12H,3,13-15H2,1-2H3,(H2,25,26,27). The molecule has 27 heavy (non-hydrogen) atoms. The van der Waals surface area contributed by atoms with Gasteiger partial charge in [0.15, 0.2) is 0 Å². The highest BCUT2D eigenvalue weighted by molar-refractivity contribution is 5.89. The van der Waals surface area contributed by atoms with Gasteiger partial charge >= 0.3 is 6.03 Å². The summed E-state index contributed by atoms with van der Waals surface area (Å²) in [7, 11) is 0. The van der Waals surface area contributed by atoms with Crippen molar-refractivity contribution in [3.05, 3.63) is 76.9 Å². The lowest BCUT2D eigenvalue weighted by atomic mass is 9.69. The Morgan fingerprint density at radius 3 is 2.56 bits per heavy atom. The Labute approximate surface area is 160 Å². The SMILES string of the molecule is CCC1(C)Cc2ccccc2C(NC(=O)NCCc2ccccc2)=C1C#N. The molecule has 0 aromatic heterocycles. The number of hydrogen-bond donors (Lipinski definition) is 2. The van der Waals surface area contributed by atoms with Gasteiger partial charge in [-0.1, -0.05) is 68.4 Å². The van der Waals surface area contributed by atoms with Gasteiger partial charge in [-0.2, -0.15) is 5.26 Å². The highest BCUT2D eigenvalue weighted by Crippen LogP contribution is 2.43. The monoisotopic (exact) mass is 359 g/mol.